The van der Waals surface area contributed by atoms with Gasteiger partial charge in [0.2, 0.25) is 0 Å². The zero-order valence-corrected chi connectivity index (χ0v) is 22.0. The topological polar surface area (TPSA) is 49.0 Å². The maximum Gasteiger partial charge on any atom is 0.417 e. The minimum Gasteiger partial charge on any atom is -0.359 e. The SMILES string of the molecule is Cc1cc2cc[nH]c2c(C(=O)N(CCc2ccc(Cl)c(C(F)(F)F)c2)Cc2ccc(C(C)(C)C)cc2)n1. The van der Waals surface area contributed by atoms with Crippen molar-refractivity contribution >= 4 is 28.4 Å². The summed E-state index contributed by atoms with van der Waals surface area (Å²) in [5.74, 6) is -0.291. The number of halogens is 4. The van der Waals surface area contributed by atoms with Crippen molar-refractivity contribution in [3.8, 4) is 0 Å². The Morgan fingerprint density at radius 2 is 1.68 bits per heavy atom. The molecule has 1 N–H and O–H groups in total. The fourth-order valence-electron chi connectivity index (χ4n) is 4.29. The molecule has 0 unspecified atom stereocenters. The lowest BCUT2D eigenvalue weighted by Crippen LogP contribution is -2.33. The Morgan fingerprint density at radius 1 is 1.00 bits per heavy atom. The molecule has 0 bridgehead atoms. The molecule has 8 heteroatoms. The largest absolute Gasteiger partial charge is 0.417 e. The van der Waals surface area contributed by atoms with Crippen molar-refractivity contribution < 1.29 is 18.0 Å². The Morgan fingerprint density at radius 3 is 2.32 bits per heavy atom. The number of hydrogen-bond donors (Lipinski definition) is 1. The fourth-order valence-corrected chi connectivity index (χ4v) is 4.52. The zero-order valence-electron chi connectivity index (χ0n) is 21.2. The molecule has 4 aromatic rings. The van der Waals surface area contributed by atoms with Crippen LogP contribution in [0.3, 0.4) is 0 Å². The first kappa shape index (κ1) is 26.7. The fraction of sp³-hybridized carbons (Fsp3) is 0.310. The van der Waals surface area contributed by atoms with Crippen molar-refractivity contribution in [1.29, 1.82) is 0 Å². The first-order valence-electron chi connectivity index (χ1n) is 12.0. The van der Waals surface area contributed by atoms with E-state index in [4.69, 9.17) is 11.6 Å². The molecule has 0 saturated carbocycles. The minimum atomic E-state index is -4.55. The van der Waals surface area contributed by atoms with E-state index in [-0.39, 0.29) is 29.3 Å². The lowest BCUT2D eigenvalue weighted by atomic mass is 9.87. The van der Waals surface area contributed by atoms with Crippen LogP contribution in [0.4, 0.5) is 13.2 Å². The summed E-state index contributed by atoms with van der Waals surface area (Å²) in [5, 5.41) is 0.527. The molecule has 0 aliphatic heterocycles. The zero-order chi connectivity index (χ0) is 27.0. The number of H-pyrrole nitrogens is 1. The molecule has 0 radical (unpaired) electrons. The van der Waals surface area contributed by atoms with E-state index in [0.717, 1.165) is 17.0 Å². The lowest BCUT2D eigenvalue weighted by molar-refractivity contribution is -0.137. The summed E-state index contributed by atoms with van der Waals surface area (Å²) < 4.78 is 40.1. The van der Waals surface area contributed by atoms with Crippen molar-refractivity contribution in [2.24, 2.45) is 0 Å². The Balaban J connectivity index is 1.65. The first-order valence-corrected chi connectivity index (χ1v) is 12.4. The summed E-state index contributed by atoms with van der Waals surface area (Å²) in [6.07, 6.45) is -2.57. The molecule has 37 heavy (non-hydrogen) atoms. The summed E-state index contributed by atoms with van der Waals surface area (Å²) >= 11 is 5.79. The molecule has 1 amide bonds. The number of nitrogens with zero attached hydrogens (tertiary/aromatic N) is 2. The second-order valence-corrected chi connectivity index (χ2v) is 10.7. The molecule has 2 aromatic carbocycles. The predicted octanol–water partition coefficient (Wildman–Crippen LogP) is 7.73. The summed E-state index contributed by atoms with van der Waals surface area (Å²) in [7, 11) is 0. The van der Waals surface area contributed by atoms with Crippen LogP contribution >= 0.6 is 11.6 Å². The van der Waals surface area contributed by atoms with Gasteiger partial charge in [0.25, 0.3) is 5.91 Å². The minimum absolute atomic E-state index is 0.0104. The van der Waals surface area contributed by atoms with Crippen molar-refractivity contribution in [3.05, 3.63) is 99.5 Å². The summed E-state index contributed by atoms with van der Waals surface area (Å²) in [6, 6.07) is 15.7. The second-order valence-electron chi connectivity index (χ2n) is 10.3. The van der Waals surface area contributed by atoms with Gasteiger partial charge in [-0.15, -0.1) is 0 Å². The lowest BCUT2D eigenvalue weighted by Gasteiger charge is -2.24. The molecule has 0 spiro atoms. The average molecular weight is 528 g/mol. The summed E-state index contributed by atoms with van der Waals surface area (Å²) in [5.41, 5.74) is 3.27. The van der Waals surface area contributed by atoms with Gasteiger partial charge < -0.3 is 9.88 Å². The van der Waals surface area contributed by atoms with Crippen LogP contribution in [0.1, 0.15) is 59.2 Å². The number of amides is 1. The maximum atomic E-state index is 13.8. The van der Waals surface area contributed by atoms with Gasteiger partial charge in [-0.1, -0.05) is 62.7 Å². The van der Waals surface area contributed by atoms with E-state index < -0.39 is 11.7 Å². The highest BCUT2D eigenvalue weighted by Crippen LogP contribution is 2.35. The number of carbonyl (C=O) groups excluding carboxylic acids is 1. The number of alkyl halides is 3. The third-order valence-electron chi connectivity index (χ3n) is 6.36. The van der Waals surface area contributed by atoms with Gasteiger partial charge in [-0.3, -0.25) is 4.79 Å². The predicted molar refractivity (Wildman–Crippen MR) is 141 cm³/mol. The average Bonchev–Trinajstić information content (AvgIpc) is 3.29. The third-order valence-corrected chi connectivity index (χ3v) is 6.69. The van der Waals surface area contributed by atoms with E-state index in [1.165, 1.54) is 11.6 Å². The molecule has 0 saturated heterocycles. The molecule has 194 valence electrons. The molecule has 0 aliphatic carbocycles. The van der Waals surface area contributed by atoms with Crippen LogP contribution in [0.15, 0.2) is 60.8 Å². The van der Waals surface area contributed by atoms with E-state index >= 15 is 0 Å². The molecular formula is C29H29ClF3N3O. The van der Waals surface area contributed by atoms with Crippen molar-refractivity contribution in [2.45, 2.75) is 52.3 Å². The van der Waals surface area contributed by atoms with E-state index in [0.29, 0.717) is 29.0 Å². The number of carbonyl (C=O) groups is 1. The first-order chi connectivity index (χ1) is 17.3. The van der Waals surface area contributed by atoms with Crippen LogP contribution in [-0.4, -0.2) is 27.3 Å². The van der Waals surface area contributed by atoms with Crippen LogP contribution in [0.2, 0.25) is 5.02 Å². The highest BCUT2D eigenvalue weighted by molar-refractivity contribution is 6.31. The molecule has 0 fully saturated rings. The van der Waals surface area contributed by atoms with Gasteiger partial charge in [-0.2, -0.15) is 13.2 Å². The molecule has 2 aromatic heterocycles. The van der Waals surface area contributed by atoms with Crippen molar-refractivity contribution in [1.82, 2.24) is 14.9 Å². The maximum absolute atomic E-state index is 13.8. The number of benzene rings is 2. The Bertz CT molecular complexity index is 1420. The van der Waals surface area contributed by atoms with Gasteiger partial charge in [-0.25, -0.2) is 4.98 Å². The van der Waals surface area contributed by atoms with E-state index in [1.807, 2.05) is 43.3 Å². The summed E-state index contributed by atoms with van der Waals surface area (Å²) in [6.45, 7) is 8.71. The second kappa shape index (κ2) is 10.2. The third kappa shape index (κ3) is 6.16. The smallest absolute Gasteiger partial charge is 0.359 e. The quantitative estimate of drug-likeness (QED) is 0.279. The number of fused-ring (bicyclic) bond motifs is 1. The normalized spacial score (nSPS) is 12.2. The molecular weight excluding hydrogens is 499 g/mol. The van der Waals surface area contributed by atoms with Gasteiger partial charge in [-0.05, 0) is 59.7 Å². The number of pyridine rings is 1. The van der Waals surface area contributed by atoms with Crippen LogP contribution < -0.4 is 0 Å². The van der Waals surface area contributed by atoms with Gasteiger partial charge in [0.1, 0.15) is 0 Å². The number of hydrogen-bond acceptors (Lipinski definition) is 2. The van der Waals surface area contributed by atoms with Crippen LogP contribution in [0, 0.1) is 6.92 Å². The van der Waals surface area contributed by atoms with Gasteiger partial charge in [0.05, 0.1) is 16.1 Å². The van der Waals surface area contributed by atoms with Crippen LogP contribution in [0.25, 0.3) is 10.9 Å². The van der Waals surface area contributed by atoms with Crippen LogP contribution in [-0.2, 0) is 24.6 Å². The standard InChI is InChI=1S/C29H29ClF3N3O/c1-18-15-21-11-13-34-25(21)26(35-18)27(37)36(17-20-5-8-22(9-6-20)28(2,3)4)14-12-19-7-10-24(30)23(16-19)29(31,32)33/h5-11,13,15-16,34H,12,14,17H2,1-4H3. The number of aromatic amines is 1. The van der Waals surface area contributed by atoms with E-state index in [1.54, 1.807) is 17.2 Å². The molecule has 0 aliphatic rings. The highest BCUT2D eigenvalue weighted by atomic mass is 35.5. The monoisotopic (exact) mass is 527 g/mol. The summed E-state index contributed by atoms with van der Waals surface area (Å²) in [4.78, 5) is 23.0. The van der Waals surface area contributed by atoms with Gasteiger partial charge in [0, 0.05) is 30.4 Å². The Kier molecular flexibility index (Phi) is 7.38. The number of nitrogens with one attached hydrogen (secondary N) is 1. The van der Waals surface area contributed by atoms with E-state index in [2.05, 4.69) is 30.7 Å². The van der Waals surface area contributed by atoms with Crippen molar-refractivity contribution in [2.75, 3.05) is 6.54 Å². The van der Waals surface area contributed by atoms with Crippen LogP contribution in [0.5, 0.6) is 0 Å². The molecule has 0 atom stereocenters. The Hall–Kier alpha value is -3.32. The highest BCUT2D eigenvalue weighted by Gasteiger charge is 2.33. The van der Waals surface area contributed by atoms with E-state index in [9.17, 15) is 18.0 Å². The molecule has 4 rings (SSSR count). The van der Waals surface area contributed by atoms with Gasteiger partial charge in [0.15, 0.2) is 5.69 Å². The Labute approximate surface area is 219 Å². The number of aromatic nitrogens is 2. The molecule has 4 nitrogen and oxygen atoms in total. The van der Waals surface area contributed by atoms with Crippen molar-refractivity contribution in [3.63, 3.8) is 0 Å². The number of rotatable bonds is 6. The van der Waals surface area contributed by atoms with Gasteiger partial charge >= 0.3 is 6.18 Å². The molecule has 2 heterocycles. The number of aryl methyl sites for hydroxylation is 1.